The van der Waals surface area contributed by atoms with Crippen LogP contribution in [-0.2, 0) is 6.54 Å². The third kappa shape index (κ3) is 4.42. The largest absolute Gasteiger partial charge is 0.346 e. The second-order valence-electron chi connectivity index (χ2n) is 9.69. The summed E-state index contributed by atoms with van der Waals surface area (Å²) in [6.07, 6.45) is 9.40. The van der Waals surface area contributed by atoms with Crippen LogP contribution in [0.3, 0.4) is 0 Å². The Morgan fingerprint density at radius 3 is 2.64 bits per heavy atom. The van der Waals surface area contributed by atoms with Crippen LogP contribution in [-0.4, -0.2) is 44.8 Å². The maximum Gasteiger partial charge on any atom is 0.137 e. The predicted octanol–water partition coefficient (Wildman–Crippen LogP) is 6.23. The molecule has 4 heterocycles. The van der Waals surface area contributed by atoms with Crippen molar-refractivity contribution in [3.8, 4) is 22.3 Å². The molecule has 1 aliphatic heterocycles. The molecule has 0 atom stereocenters. The fraction of sp³-hybridized carbons (Fsp3) is 0.241. The summed E-state index contributed by atoms with van der Waals surface area (Å²) in [5.41, 5.74) is 5.99. The number of H-pyrrole nitrogens is 1. The van der Waals surface area contributed by atoms with E-state index in [1.165, 1.54) is 12.1 Å². The van der Waals surface area contributed by atoms with Crippen molar-refractivity contribution >= 4 is 11.0 Å². The Hall–Kier alpha value is -3.84. The Kier molecular flexibility index (Phi) is 5.85. The number of halogens is 2. The van der Waals surface area contributed by atoms with Gasteiger partial charge in [-0.1, -0.05) is 24.3 Å². The van der Waals surface area contributed by atoms with Crippen LogP contribution in [0.2, 0.25) is 0 Å². The van der Waals surface area contributed by atoms with Crippen LogP contribution in [0.15, 0.2) is 73.3 Å². The summed E-state index contributed by atoms with van der Waals surface area (Å²) >= 11 is 0. The third-order valence-corrected chi connectivity index (χ3v) is 7.20. The molecule has 36 heavy (non-hydrogen) atoms. The van der Waals surface area contributed by atoms with Crippen LogP contribution in [0.5, 0.6) is 0 Å². The lowest BCUT2D eigenvalue weighted by Gasteiger charge is -2.29. The monoisotopic (exact) mass is 483 g/mol. The topological polar surface area (TPSA) is 49.7 Å². The standard InChI is InChI=1S/C29H27F2N5/c1-35-9-7-20(8-10-35)25-6-5-21(13-28(25)31)22-12-26-27(16-33-29(26)32-14-22)23-15-34-36(18-23)17-19-3-2-4-24(30)11-19/h2-6,11-16,18,20H,7-10,17H2,1H3,(H,32,33). The molecule has 0 radical (unpaired) electrons. The van der Waals surface area contributed by atoms with Crippen molar-refractivity contribution in [3.63, 3.8) is 0 Å². The zero-order chi connectivity index (χ0) is 24.6. The average Bonchev–Trinajstić information content (AvgIpc) is 3.51. The number of aromatic nitrogens is 4. The van der Waals surface area contributed by atoms with E-state index in [0.29, 0.717) is 6.54 Å². The molecule has 0 spiro atoms. The van der Waals surface area contributed by atoms with Crippen LogP contribution in [0.1, 0.15) is 29.9 Å². The Balaban J connectivity index is 1.28. The zero-order valence-electron chi connectivity index (χ0n) is 20.1. The van der Waals surface area contributed by atoms with Gasteiger partial charge < -0.3 is 9.88 Å². The first-order valence-corrected chi connectivity index (χ1v) is 12.3. The molecule has 182 valence electrons. The van der Waals surface area contributed by atoms with Gasteiger partial charge in [0.15, 0.2) is 0 Å². The highest BCUT2D eigenvalue weighted by Gasteiger charge is 2.21. The van der Waals surface area contributed by atoms with Crippen molar-refractivity contribution in [2.24, 2.45) is 0 Å². The van der Waals surface area contributed by atoms with E-state index in [1.54, 1.807) is 29.2 Å². The number of benzene rings is 2. The van der Waals surface area contributed by atoms with Crippen molar-refractivity contribution in [3.05, 3.63) is 96.1 Å². The molecule has 6 rings (SSSR count). The Bertz CT molecular complexity index is 1530. The van der Waals surface area contributed by atoms with Gasteiger partial charge in [0, 0.05) is 40.7 Å². The molecular formula is C29H27F2N5. The van der Waals surface area contributed by atoms with E-state index < -0.39 is 0 Å². The lowest BCUT2D eigenvalue weighted by atomic mass is 9.88. The molecule has 7 heteroatoms. The van der Waals surface area contributed by atoms with E-state index in [4.69, 9.17) is 0 Å². The quantitative estimate of drug-likeness (QED) is 0.322. The van der Waals surface area contributed by atoms with Gasteiger partial charge in [-0.3, -0.25) is 4.68 Å². The van der Waals surface area contributed by atoms with E-state index in [9.17, 15) is 4.39 Å². The average molecular weight is 484 g/mol. The molecule has 1 saturated heterocycles. The molecule has 0 bridgehead atoms. The summed E-state index contributed by atoms with van der Waals surface area (Å²) in [5.74, 6) is -0.128. The number of likely N-dealkylation sites (tertiary alicyclic amines) is 1. The number of aromatic amines is 1. The number of piperidine rings is 1. The second kappa shape index (κ2) is 9.32. The minimum Gasteiger partial charge on any atom is -0.346 e. The van der Waals surface area contributed by atoms with E-state index in [-0.39, 0.29) is 17.6 Å². The number of rotatable bonds is 5. The smallest absolute Gasteiger partial charge is 0.137 e. The number of hydrogen-bond acceptors (Lipinski definition) is 3. The van der Waals surface area contributed by atoms with E-state index >= 15 is 4.39 Å². The molecule has 0 unspecified atom stereocenters. The molecule has 5 aromatic rings. The van der Waals surface area contributed by atoms with Crippen molar-refractivity contribution in [2.45, 2.75) is 25.3 Å². The molecule has 1 aliphatic rings. The van der Waals surface area contributed by atoms with Gasteiger partial charge in [0.05, 0.1) is 12.7 Å². The molecule has 3 aromatic heterocycles. The first kappa shape index (κ1) is 22.6. The van der Waals surface area contributed by atoms with Crippen molar-refractivity contribution < 1.29 is 8.78 Å². The summed E-state index contributed by atoms with van der Waals surface area (Å²) < 4.78 is 30.5. The van der Waals surface area contributed by atoms with E-state index in [1.807, 2.05) is 36.7 Å². The minimum atomic E-state index is -0.258. The zero-order valence-corrected chi connectivity index (χ0v) is 20.1. The Morgan fingerprint density at radius 2 is 1.83 bits per heavy atom. The van der Waals surface area contributed by atoms with Gasteiger partial charge in [0.2, 0.25) is 0 Å². The highest BCUT2D eigenvalue weighted by molar-refractivity contribution is 5.95. The first-order chi connectivity index (χ1) is 17.5. The number of pyridine rings is 1. The Labute approximate surface area is 208 Å². The number of nitrogens with one attached hydrogen (secondary N) is 1. The van der Waals surface area contributed by atoms with Crippen LogP contribution in [0, 0.1) is 11.6 Å². The Morgan fingerprint density at radius 1 is 0.972 bits per heavy atom. The molecule has 1 fully saturated rings. The van der Waals surface area contributed by atoms with Crippen molar-refractivity contribution in [1.82, 2.24) is 24.6 Å². The molecule has 1 N–H and O–H groups in total. The van der Waals surface area contributed by atoms with Crippen LogP contribution in [0.4, 0.5) is 8.78 Å². The third-order valence-electron chi connectivity index (χ3n) is 7.20. The fourth-order valence-electron chi connectivity index (χ4n) is 5.17. The first-order valence-electron chi connectivity index (χ1n) is 12.3. The predicted molar refractivity (Wildman–Crippen MR) is 138 cm³/mol. The van der Waals surface area contributed by atoms with E-state index in [2.05, 4.69) is 27.0 Å². The van der Waals surface area contributed by atoms with Crippen LogP contribution in [0.25, 0.3) is 33.3 Å². The van der Waals surface area contributed by atoms with Gasteiger partial charge in [-0.15, -0.1) is 0 Å². The number of nitrogens with zero attached hydrogens (tertiary/aromatic N) is 4. The summed E-state index contributed by atoms with van der Waals surface area (Å²) in [5, 5.41) is 5.40. The maximum absolute atomic E-state index is 15.1. The summed E-state index contributed by atoms with van der Waals surface area (Å²) in [6.45, 7) is 2.48. The highest BCUT2D eigenvalue weighted by atomic mass is 19.1. The van der Waals surface area contributed by atoms with Crippen molar-refractivity contribution in [2.75, 3.05) is 20.1 Å². The van der Waals surface area contributed by atoms with Gasteiger partial charge in [0.25, 0.3) is 0 Å². The number of hydrogen-bond donors (Lipinski definition) is 1. The summed E-state index contributed by atoms with van der Waals surface area (Å²) in [7, 11) is 2.11. The summed E-state index contributed by atoms with van der Waals surface area (Å²) in [4.78, 5) is 10.1. The summed E-state index contributed by atoms with van der Waals surface area (Å²) in [6, 6.07) is 14.2. The lowest BCUT2D eigenvalue weighted by molar-refractivity contribution is 0.253. The highest BCUT2D eigenvalue weighted by Crippen LogP contribution is 2.34. The van der Waals surface area contributed by atoms with Gasteiger partial charge in [-0.2, -0.15) is 5.10 Å². The van der Waals surface area contributed by atoms with Gasteiger partial charge in [-0.25, -0.2) is 13.8 Å². The van der Waals surface area contributed by atoms with Crippen molar-refractivity contribution in [1.29, 1.82) is 0 Å². The minimum absolute atomic E-state index is 0.143. The van der Waals surface area contributed by atoms with Crippen LogP contribution >= 0.6 is 0 Å². The normalized spacial score (nSPS) is 15.1. The molecule has 0 aliphatic carbocycles. The number of fused-ring (bicyclic) bond motifs is 1. The lowest BCUT2D eigenvalue weighted by Crippen LogP contribution is -2.29. The second-order valence-corrected chi connectivity index (χ2v) is 9.69. The van der Waals surface area contributed by atoms with Gasteiger partial charge in [0.1, 0.15) is 17.3 Å². The molecule has 2 aromatic carbocycles. The molecule has 5 nitrogen and oxygen atoms in total. The van der Waals surface area contributed by atoms with Crippen LogP contribution < -0.4 is 0 Å². The fourth-order valence-corrected chi connectivity index (χ4v) is 5.17. The molecule has 0 saturated carbocycles. The van der Waals surface area contributed by atoms with Gasteiger partial charge in [-0.05, 0) is 79.9 Å². The maximum atomic E-state index is 15.1. The van der Waals surface area contributed by atoms with E-state index in [0.717, 1.165) is 70.3 Å². The van der Waals surface area contributed by atoms with Gasteiger partial charge >= 0.3 is 0 Å². The SMILES string of the molecule is CN1CCC(c2ccc(-c3cnc4[nH]cc(-c5cnn(Cc6cccc(F)c6)c5)c4c3)cc2F)CC1. The molecule has 0 amide bonds. The molecular weight excluding hydrogens is 456 g/mol.